The molecule has 2 saturated carbocycles. The molecule has 2 fully saturated rings. The molecule has 132 valence electrons. The van der Waals surface area contributed by atoms with E-state index in [0.29, 0.717) is 5.56 Å². The van der Waals surface area contributed by atoms with Crippen molar-refractivity contribution >= 4 is 45.0 Å². The highest BCUT2D eigenvalue weighted by atomic mass is 35.5. The van der Waals surface area contributed by atoms with Gasteiger partial charge in [0.2, 0.25) is 5.91 Å². The summed E-state index contributed by atoms with van der Waals surface area (Å²) in [7, 11) is 0. The lowest BCUT2D eigenvalue weighted by Crippen LogP contribution is -2.71. The molecule has 2 aliphatic rings. The average Bonchev–Trinajstić information content (AvgIpc) is 2.90. The van der Waals surface area contributed by atoms with E-state index in [1.54, 1.807) is 11.3 Å². The molecule has 2 N–H and O–H groups in total. The van der Waals surface area contributed by atoms with Gasteiger partial charge in [-0.3, -0.25) is 9.59 Å². The Bertz CT molecular complexity index is 846. The molecule has 2 unspecified atom stereocenters. The Kier molecular flexibility index (Phi) is 4.20. The van der Waals surface area contributed by atoms with Gasteiger partial charge < -0.3 is 10.6 Å². The topological polar surface area (TPSA) is 71.1 Å². The number of thiazole rings is 1. The first-order valence-electron chi connectivity index (χ1n) is 8.55. The summed E-state index contributed by atoms with van der Waals surface area (Å²) in [5, 5.41) is 7.18. The van der Waals surface area contributed by atoms with Crippen molar-refractivity contribution < 1.29 is 9.59 Å². The van der Waals surface area contributed by atoms with Gasteiger partial charge >= 0.3 is 0 Å². The number of rotatable bonds is 4. The molecule has 25 heavy (non-hydrogen) atoms. The molecule has 4 rings (SSSR count). The number of benzene rings is 1. The molecule has 7 heteroatoms. The molecule has 1 aromatic heterocycles. The zero-order valence-electron chi connectivity index (χ0n) is 14.0. The Morgan fingerprint density at radius 3 is 2.76 bits per heavy atom. The fourth-order valence-corrected chi connectivity index (χ4v) is 5.07. The highest BCUT2D eigenvalue weighted by molar-refractivity contribution is 7.18. The predicted octanol–water partition coefficient (Wildman–Crippen LogP) is 3.00. The number of hydrogen-bond donors (Lipinski definition) is 2. The Hall–Kier alpha value is -1.66. The van der Waals surface area contributed by atoms with Crippen LogP contribution in [0.2, 0.25) is 0 Å². The molecule has 0 radical (unpaired) electrons. The molecule has 2 aromatic rings. The van der Waals surface area contributed by atoms with Crippen molar-refractivity contribution in [3.63, 3.8) is 0 Å². The molecule has 2 amide bonds. The normalized spacial score (nSPS) is 23.8. The summed E-state index contributed by atoms with van der Waals surface area (Å²) in [5.74, 6) is -0.196. The number of nitrogens with zero attached hydrogens (tertiary/aromatic N) is 1. The molecular formula is C18H20ClN3O2S. The Morgan fingerprint density at radius 2 is 2.08 bits per heavy atom. The molecule has 1 heterocycles. The van der Waals surface area contributed by atoms with E-state index in [2.05, 4.69) is 15.6 Å². The van der Waals surface area contributed by atoms with Crippen LogP contribution in [0.3, 0.4) is 0 Å². The van der Waals surface area contributed by atoms with Crippen molar-refractivity contribution in [2.45, 2.75) is 44.7 Å². The molecular weight excluding hydrogens is 358 g/mol. The second kappa shape index (κ2) is 6.25. The van der Waals surface area contributed by atoms with Gasteiger partial charge in [0.15, 0.2) is 0 Å². The first kappa shape index (κ1) is 16.8. The highest BCUT2D eigenvalue weighted by Gasteiger charge is 2.59. The van der Waals surface area contributed by atoms with Gasteiger partial charge in [-0.1, -0.05) is 6.42 Å². The van der Waals surface area contributed by atoms with Crippen molar-refractivity contribution in [2.75, 3.05) is 5.88 Å². The first-order chi connectivity index (χ1) is 12.0. The van der Waals surface area contributed by atoms with Crippen LogP contribution in [0.15, 0.2) is 18.2 Å². The minimum absolute atomic E-state index is 0.0160. The maximum atomic E-state index is 12.7. The molecule has 1 aromatic carbocycles. The number of hydrogen-bond acceptors (Lipinski definition) is 4. The summed E-state index contributed by atoms with van der Waals surface area (Å²) in [6, 6.07) is 5.89. The van der Waals surface area contributed by atoms with Crippen LogP contribution in [-0.4, -0.2) is 34.8 Å². The summed E-state index contributed by atoms with van der Waals surface area (Å²) in [6.07, 6.45) is 4.00. The molecule has 2 aliphatic carbocycles. The van der Waals surface area contributed by atoms with Crippen molar-refractivity contribution in [2.24, 2.45) is 5.41 Å². The van der Waals surface area contributed by atoms with E-state index in [0.717, 1.165) is 40.9 Å². The number of aromatic nitrogens is 1. The number of carbonyl (C=O) groups excluding carboxylic acids is 2. The van der Waals surface area contributed by atoms with Crippen molar-refractivity contribution in [1.29, 1.82) is 0 Å². The lowest BCUT2D eigenvalue weighted by molar-refractivity contribution is -0.126. The van der Waals surface area contributed by atoms with Crippen LogP contribution in [0.4, 0.5) is 0 Å². The van der Waals surface area contributed by atoms with Crippen molar-refractivity contribution in [1.82, 2.24) is 15.6 Å². The molecule has 1 spiro atoms. The van der Waals surface area contributed by atoms with Gasteiger partial charge in [0.25, 0.3) is 5.91 Å². The lowest BCUT2D eigenvalue weighted by Gasteiger charge is -2.61. The van der Waals surface area contributed by atoms with Crippen LogP contribution >= 0.6 is 22.9 Å². The van der Waals surface area contributed by atoms with Crippen molar-refractivity contribution in [3.8, 4) is 0 Å². The predicted molar refractivity (Wildman–Crippen MR) is 99.2 cm³/mol. The minimum atomic E-state index is -0.131. The van der Waals surface area contributed by atoms with E-state index >= 15 is 0 Å². The van der Waals surface area contributed by atoms with E-state index < -0.39 is 0 Å². The molecule has 0 bridgehead atoms. The summed E-state index contributed by atoms with van der Waals surface area (Å²) in [6.45, 7) is 1.97. The fourth-order valence-electron chi connectivity index (χ4n) is 4.13. The van der Waals surface area contributed by atoms with Gasteiger partial charge in [-0.25, -0.2) is 4.98 Å². The fraction of sp³-hybridized carbons (Fsp3) is 0.500. The number of nitrogens with one attached hydrogen (secondary N) is 2. The van der Waals surface area contributed by atoms with Gasteiger partial charge in [0, 0.05) is 23.1 Å². The number of halogens is 1. The molecule has 0 saturated heterocycles. The van der Waals surface area contributed by atoms with Crippen LogP contribution in [0.1, 0.15) is 41.0 Å². The third kappa shape index (κ3) is 2.81. The zero-order chi connectivity index (χ0) is 17.6. The largest absolute Gasteiger partial charge is 0.352 e. The van der Waals surface area contributed by atoms with Gasteiger partial charge in [0.1, 0.15) is 5.88 Å². The SMILES string of the molecule is Cc1nc2ccc(C(=O)NC3CC(NC(=O)CCl)C34CCC4)cc2s1. The third-order valence-electron chi connectivity index (χ3n) is 5.66. The number of fused-ring (bicyclic) bond motifs is 1. The maximum Gasteiger partial charge on any atom is 0.251 e. The molecule has 2 atom stereocenters. The number of aryl methyl sites for hydroxylation is 1. The van der Waals surface area contributed by atoms with E-state index in [1.165, 1.54) is 0 Å². The molecule has 0 aliphatic heterocycles. The Labute approximate surface area is 155 Å². The highest BCUT2D eigenvalue weighted by Crippen LogP contribution is 2.56. The summed E-state index contributed by atoms with van der Waals surface area (Å²) in [5.41, 5.74) is 1.61. The summed E-state index contributed by atoms with van der Waals surface area (Å²) >= 11 is 7.19. The van der Waals surface area contributed by atoms with Gasteiger partial charge in [-0.2, -0.15) is 0 Å². The van der Waals surface area contributed by atoms with Crippen LogP contribution in [0.25, 0.3) is 10.2 Å². The molecule has 5 nitrogen and oxygen atoms in total. The maximum absolute atomic E-state index is 12.7. The second-order valence-electron chi connectivity index (χ2n) is 7.02. The second-order valence-corrected chi connectivity index (χ2v) is 8.52. The third-order valence-corrected chi connectivity index (χ3v) is 6.84. The average molecular weight is 378 g/mol. The van der Waals surface area contributed by atoms with E-state index in [9.17, 15) is 9.59 Å². The minimum Gasteiger partial charge on any atom is -0.352 e. The zero-order valence-corrected chi connectivity index (χ0v) is 15.5. The van der Waals surface area contributed by atoms with Gasteiger partial charge in [-0.15, -0.1) is 22.9 Å². The number of amides is 2. The van der Waals surface area contributed by atoms with Gasteiger partial charge in [0.05, 0.1) is 15.2 Å². The summed E-state index contributed by atoms with van der Waals surface area (Å²) < 4.78 is 1.03. The summed E-state index contributed by atoms with van der Waals surface area (Å²) in [4.78, 5) is 28.7. The standard InChI is InChI=1S/C18H20ClN3O2S/c1-10-20-12-4-3-11(7-13(12)25-10)17(24)22-15-8-14(21-16(23)9-19)18(15)5-2-6-18/h3-4,7,14-15H,2,5-6,8-9H2,1H3,(H,21,23)(H,22,24). The van der Waals surface area contributed by atoms with Gasteiger partial charge in [-0.05, 0) is 44.4 Å². The Morgan fingerprint density at radius 1 is 1.32 bits per heavy atom. The van der Waals surface area contributed by atoms with Crippen LogP contribution < -0.4 is 10.6 Å². The van der Waals surface area contributed by atoms with Crippen molar-refractivity contribution in [3.05, 3.63) is 28.8 Å². The van der Waals surface area contributed by atoms with E-state index in [-0.39, 0.29) is 35.2 Å². The van der Waals surface area contributed by atoms with Crippen LogP contribution in [0.5, 0.6) is 0 Å². The quantitative estimate of drug-likeness (QED) is 0.804. The lowest BCUT2D eigenvalue weighted by atomic mass is 9.49. The monoisotopic (exact) mass is 377 g/mol. The number of carbonyl (C=O) groups is 2. The van der Waals surface area contributed by atoms with Crippen LogP contribution in [0, 0.1) is 12.3 Å². The number of alkyl halides is 1. The Balaban J connectivity index is 1.46. The first-order valence-corrected chi connectivity index (χ1v) is 9.90. The smallest absolute Gasteiger partial charge is 0.251 e. The van der Waals surface area contributed by atoms with E-state index in [4.69, 9.17) is 11.6 Å². The van der Waals surface area contributed by atoms with E-state index in [1.807, 2.05) is 25.1 Å². The van der Waals surface area contributed by atoms with Crippen LogP contribution in [-0.2, 0) is 4.79 Å².